The molecule has 0 unspecified atom stereocenters. The first-order chi connectivity index (χ1) is 16.8. The smallest absolute Gasteiger partial charge is 0.330 e. The van der Waals surface area contributed by atoms with Crippen molar-refractivity contribution in [1.29, 1.82) is 0 Å². The second kappa shape index (κ2) is 12.0. The van der Waals surface area contributed by atoms with E-state index < -0.39 is 28.2 Å². The van der Waals surface area contributed by atoms with Crippen LogP contribution in [0.3, 0.4) is 0 Å². The third-order valence-corrected chi connectivity index (χ3v) is 6.19. The largest absolute Gasteiger partial charge is 0.497 e. The van der Waals surface area contributed by atoms with Crippen LogP contribution in [-0.4, -0.2) is 40.6 Å². The lowest BCUT2D eigenvalue weighted by Crippen LogP contribution is -2.54. The van der Waals surface area contributed by atoms with Crippen molar-refractivity contribution in [2.45, 2.75) is 19.0 Å². The van der Waals surface area contributed by atoms with Crippen LogP contribution in [0.2, 0.25) is 0 Å². The van der Waals surface area contributed by atoms with E-state index in [9.17, 15) is 18.0 Å². The van der Waals surface area contributed by atoms with Crippen molar-refractivity contribution >= 4 is 27.8 Å². The number of methoxy groups -OCH3 is 1. The van der Waals surface area contributed by atoms with Gasteiger partial charge in [-0.3, -0.25) is 4.79 Å². The molecule has 0 radical (unpaired) electrons. The Labute approximate surface area is 205 Å². The van der Waals surface area contributed by atoms with E-state index in [2.05, 4.69) is 10.0 Å². The molecule has 0 aromatic heterocycles. The highest BCUT2D eigenvalue weighted by Gasteiger charge is 2.27. The van der Waals surface area contributed by atoms with Crippen LogP contribution in [-0.2, 0) is 28.0 Å². The summed E-state index contributed by atoms with van der Waals surface area (Å²) >= 11 is 0. The summed E-state index contributed by atoms with van der Waals surface area (Å²) < 4.78 is 34.1. The number of hydrogen-bond donors (Lipinski definition) is 3. The molecule has 0 aliphatic carbocycles. The number of nitrogens with zero attached hydrogens (tertiary/aromatic N) is 1. The molecule has 9 nitrogen and oxygen atoms in total. The molecule has 3 N–H and O–H groups in total. The maximum atomic E-state index is 13.3. The Morgan fingerprint density at radius 1 is 0.886 bits per heavy atom. The number of carbonyl (C=O) groups is 2. The normalized spacial score (nSPS) is 11.8. The lowest BCUT2D eigenvalue weighted by atomic mass is 10.0. The molecule has 1 atom stereocenters. The van der Waals surface area contributed by atoms with Crippen LogP contribution < -0.4 is 24.4 Å². The van der Waals surface area contributed by atoms with E-state index in [1.165, 1.54) is 4.90 Å². The van der Waals surface area contributed by atoms with Gasteiger partial charge in [-0.25, -0.2) is 9.52 Å². The van der Waals surface area contributed by atoms with Crippen LogP contribution in [0.5, 0.6) is 5.75 Å². The molecule has 3 aromatic rings. The van der Waals surface area contributed by atoms with Crippen LogP contribution in [0.25, 0.3) is 0 Å². The highest BCUT2D eigenvalue weighted by atomic mass is 32.2. The van der Waals surface area contributed by atoms with Gasteiger partial charge in [-0.05, 0) is 35.4 Å². The van der Waals surface area contributed by atoms with Gasteiger partial charge in [0, 0.05) is 25.7 Å². The van der Waals surface area contributed by atoms with Gasteiger partial charge in [-0.15, -0.1) is 0 Å². The van der Waals surface area contributed by atoms with Gasteiger partial charge in [0.1, 0.15) is 11.8 Å². The van der Waals surface area contributed by atoms with Gasteiger partial charge >= 0.3 is 16.2 Å². The first-order valence-corrected chi connectivity index (χ1v) is 12.3. The van der Waals surface area contributed by atoms with Gasteiger partial charge in [-0.1, -0.05) is 60.7 Å². The predicted octanol–water partition coefficient (Wildman–Crippen LogP) is 2.60. The molecular weight excluding hydrogens is 468 g/mol. The van der Waals surface area contributed by atoms with E-state index in [1.807, 2.05) is 41.1 Å². The zero-order valence-electron chi connectivity index (χ0n) is 19.5. The fourth-order valence-electron chi connectivity index (χ4n) is 3.34. The molecule has 3 amide bonds. The van der Waals surface area contributed by atoms with Gasteiger partial charge in [0.15, 0.2) is 0 Å². The number of anilines is 1. The second-order valence-corrected chi connectivity index (χ2v) is 9.22. The molecule has 35 heavy (non-hydrogen) atoms. The topological polar surface area (TPSA) is 117 Å². The fourth-order valence-corrected chi connectivity index (χ4v) is 4.07. The van der Waals surface area contributed by atoms with Gasteiger partial charge in [-0.2, -0.15) is 13.1 Å². The lowest BCUT2D eigenvalue weighted by Gasteiger charge is -2.25. The van der Waals surface area contributed by atoms with Crippen molar-refractivity contribution in [2.75, 3.05) is 19.1 Å². The van der Waals surface area contributed by atoms with Crippen molar-refractivity contribution in [1.82, 2.24) is 14.8 Å². The molecule has 0 fully saturated rings. The highest BCUT2D eigenvalue weighted by Crippen LogP contribution is 2.19. The minimum absolute atomic E-state index is 0.00996. The number of amides is 3. The standard InChI is InChI=1S/C25H28N4O5S/c1-29(21-13-15-22(34-2)16-14-21)24(30)23(17-19-9-5-3-6-10-19)27-25(31)28-35(32,33)26-18-20-11-7-4-8-12-20/h3-16,23,26H,17-18H2,1-2H3,(H2,27,28,31)/t23-/m0/s1. The molecule has 3 rings (SSSR count). The molecule has 184 valence electrons. The molecule has 3 aromatic carbocycles. The Bertz CT molecular complexity index is 1220. The van der Waals surface area contributed by atoms with E-state index in [1.54, 1.807) is 62.7 Å². The summed E-state index contributed by atoms with van der Waals surface area (Å²) in [7, 11) is -1.02. The van der Waals surface area contributed by atoms with Crippen LogP contribution in [0.4, 0.5) is 10.5 Å². The molecule has 0 spiro atoms. The van der Waals surface area contributed by atoms with Gasteiger partial charge in [0.2, 0.25) is 5.91 Å². The van der Waals surface area contributed by atoms with E-state index in [0.717, 1.165) is 11.1 Å². The Kier molecular flexibility index (Phi) is 8.82. The fraction of sp³-hybridized carbons (Fsp3) is 0.200. The number of nitrogens with one attached hydrogen (secondary N) is 3. The summed E-state index contributed by atoms with van der Waals surface area (Å²) in [4.78, 5) is 27.3. The van der Waals surface area contributed by atoms with Crippen molar-refractivity contribution in [3.05, 3.63) is 96.1 Å². The quantitative estimate of drug-likeness (QED) is 0.399. The van der Waals surface area contributed by atoms with Crippen LogP contribution in [0.1, 0.15) is 11.1 Å². The molecule has 0 saturated carbocycles. The van der Waals surface area contributed by atoms with E-state index in [-0.39, 0.29) is 13.0 Å². The van der Waals surface area contributed by atoms with Crippen LogP contribution in [0, 0.1) is 0 Å². The average molecular weight is 497 g/mol. The summed E-state index contributed by atoms with van der Waals surface area (Å²) in [6.07, 6.45) is 0.172. The summed E-state index contributed by atoms with van der Waals surface area (Å²) in [5, 5.41) is 2.51. The van der Waals surface area contributed by atoms with Gasteiger partial charge in [0.25, 0.3) is 0 Å². The summed E-state index contributed by atoms with van der Waals surface area (Å²) in [5.74, 6) is 0.227. The molecule has 0 bridgehead atoms. The highest BCUT2D eigenvalue weighted by molar-refractivity contribution is 7.88. The van der Waals surface area contributed by atoms with Crippen molar-refractivity contribution in [3.8, 4) is 5.75 Å². The number of rotatable bonds is 10. The average Bonchev–Trinajstić information content (AvgIpc) is 2.87. The number of hydrogen-bond acceptors (Lipinski definition) is 5. The number of benzene rings is 3. The van der Waals surface area contributed by atoms with E-state index >= 15 is 0 Å². The maximum Gasteiger partial charge on any atom is 0.330 e. The number of carbonyl (C=O) groups excluding carboxylic acids is 2. The van der Waals surface area contributed by atoms with Crippen molar-refractivity contribution in [3.63, 3.8) is 0 Å². The van der Waals surface area contributed by atoms with E-state index in [0.29, 0.717) is 11.4 Å². The van der Waals surface area contributed by atoms with Crippen LogP contribution >= 0.6 is 0 Å². The van der Waals surface area contributed by atoms with Crippen molar-refractivity contribution in [2.24, 2.45) is 0 Å². The summed E-state index contributed by atoms with van der Waals surface area (Å²) in [5.41, 5.74) is 2.13. The predicted molar refractivity (Wildman–Crippen MR) is 134 cm³/mol. The van der Waals surface area contributed by atoms with E-state index in [4.69, 9.17) is 4.74 Å². The monoisotopic (exact) mass is 496 g/mol. The third-order valence-electron chi connectivity index (χ3n) is 5.21. The molecule has 0 heterocycles. The SMILES string of the molecule is COc1ccc(N(C)C(=O)[C@H](Cc2ccccc2)NC(=O)NS(=O)(=O)NCc2ccccc2)cc1. The number of urea groups is 1. The Hall–Kier alpha value is -3.89. The van der Waals surface area contributed by atoms with Crippen molar-refractivity contribution < 1.29 is 22.7 Å². The molecule has 0 aliphatic rings. The molecular formula is C25H28N4O5S. The first-order valence-electron chi connectivity index (χ1n) is 10.8. The minimum atomic E-state index is -4.15. The number of likely N-dealkylation sites (N-methyl/N-ethyl adjacent to an activating group) is 1. The first kappa shape index (κ1) is 25.7. The summed E-state index contributed by atoms with van der Waals surface area (Å²) in [6.45, 7) is 0.00996. The molecule has 0 aliphatic heterocycles. The van der Waals surface area contributed by atoms with Crippen LogP contribution in [0.15, 0.2) is 84.9 Å². The zero-order chi connectivity index (χ0) is 25.3. The summed E-state index contributed by atoms with van der Waals surface area (Å²) in [6, 6.07) is 22.9. The molecule has 0 saturated heterocycles. The van der Waals surface area contributed by atoms with Gasteiger partial charge < -0.3 is 15.0 Å². The molecule has 10 heteroatoms. The zero-order valence-corrected chi connectivity index (χ0v) is 20.3. The number of ether oxygens (including phenoxy) is 1. The minimum Gasteiger partial charge on any atom is -0.497 e. The Balaban J connectivity index is 1.70. The Morgan fingerprint density at radius 2 is 1.46 bits per heavy atom. The van der Waals surface area contributed by atoms with Gasteiger partial charge in [0.05, 0.1) is 7.11 Å². The third kappa shape index (κ3) is 7.83. The second-order valence-electron chi connectivity index (χ2n) is 7.72. The maximum absolute atomic E-state index is 13.3. The lowest BCUT2D eigenvalue weighted by molar-refractivity contribution is -0.120. The Morgan fingerprint density at radius 3 is 2.03 bits per heavy atom.